The molecule has 1 fully saturated rings. The minimum absolute atomic E-state index is 0.475. The Morgan fingerprint density at radius 2 is 1.50 bits per heavy atom. The Morgan fingerprint density at radius 3 is 1.83 bits per heavy atom. The summed E-state index contributed by atoms with van der Waals surface area (Å²) < 4.78 is 0. The maximum atomic E-state index is 10.7. The Morgan fingerprint density at radius 1 is 1.17 bits per heavy atom. The van der Waals surface area contributed by atoms with E-state index in [1.54, 1.807) is 0 Å². The third kappa shape index (κ3) is 9.14. The number of ketones is 1. The molecule has 0 unspecified atom stereocenters. The second kappa shape index (κ2) is 6.83. The molecule has 0 amide bonds. The molecule has 0 bridgehead atoms. The van der Waals surface area contributed by atoms with E-state index in [9.17, 15) is 4.79 Å². The van der Waals surface area contributed by atoms with Crippen molar-refractivity contribution in [1.82, 2.24) is 0 Å². The summed E-state index contributed by atoms with van der Waals surface area (Å²) in [5.41, 5.74) is 0. The number of carbonyl (C=O) groups excluding carboxylic acids is 1. The molecule has 1 rings (SSSR count). The molecule has 0 heterocycles. The van der Waals surface area contributed by atoms with Crippen molar-refractivity contribution in [3.05, 3.63) is 0 Å². The lowest BCUT2D eigenvalue weighted by Crippen LogP contribution is -1.91. The van der Waals surface area contributed by atoms with E-state index in [2.05, 4.69) is 0 Å². The number of carboxylic acids is 1. The van der Waals surface area contributed by atoms with Crippen molar-refractivity contribution < 1.29 is 14.7 Å². The largest absolute Gasteiger partial charge is 0.481 e. The zero-order valence-corrected chi connectivity index (χ0v) is 7.51. The average Bonchev–Trinajstić information content (AvgIpc) is 2.14. The Bertz CT molecular complexity index is 138. The number of carbonyl (C=O) groups is 2. The van der Waals surface area contributed by atoms with E-state index >= 15 is 0 Å². The topological polar surface area (TPSA) is 54.4 Å². The summed E-state index contributed by atoms with van der Waals surface area (Å²) >= 11 is 0. The number of Topliss-reactive ketones (excluding diaryl/α,β-unsaturated/α-hetero) is 1. The van der Waals surface area contributed by atoms with Gasteiger partial charge in [-0.15, -0.1) is 0 Å². The molecule has 1 saturated carbocycles. The van der Waals surface area contributed by atoms with E-state index in [0.29, 0.717) is 5.78 Å². The molecule has 0 aromatic rings. The molecule has 0 aromatic heterocycles. The van der Waals surface area contributed by atoms with Gasteiger partial charge in [-0.3, -0.25) is 9.59 Å². The minimum Gasteiger partial charge on any atom is -0.481 e. The van der Waals surface area contributed by atoms with E-state index in [4.69, 9.17) is 9.90 Å². The van der Waals surface area contributed by atoms with Crippen LogP contribution in [-0.2, 0) is 9.59 Å². The molecular formula is C9H16O3. The van der Waals surface area contributed by atoms with Crippen LogP contribution >= 0.6 is 0 Å². The SMILES string of the molecule is CC(=O)O.O=C1CCCCCC1. The highest BCUT2D eigenvalue weighted by atomic mass is 16.4. The Labute approximate surface area is 72.8 Å². The van der Waals surface area contributed by atoms with Crippen molar-refractivity contribution in [3.8, 4) is 0 Å². The van der Waals surface area contributed by atoms with Gasteiger partial charge in [0.05, 0.1) is 0 Å². The van der Waals surface area contributed by atoms with Gasteiger partial charge in [-0.2, -0.15) is 0 Å². The number of hydrogen-bond donors (Lipinski definition) is 1. The van der Waals surface area contributed by atoms with Crippen LogP contribution in [0.3, 0.4) is 0 Å². The minimum atomic E-state index is -0.833. The van der Waals surface area contributed by atoms with E-state index < -0.39 is 5.97 Å². The van der Waals surface area contributed by atoms with E-state index in [0.717, 1.165) is 32.6 Å². The van der Waals surface area contributed by atoms with Gasteiger partial charge in [-0.1, -0.05) is 12.8 Å². The summed E-state index contributed by atoms with van der Waals surface area (Å²) in [5, 5.41) is 7.42. The van der Waals surface area contributed by atoms with Crippen LogP contribution in [0.4, 0.5) is 0 Å². The molecule has 0 radical (unpaired) electrons. The molecule has 3 heteroatoms. The van der Waals surface area contributed by atoms with Crippen LogP contribution in [0.1, 0.15) is 45.4 Å². The molecule has 0 atom stereocenters. The molecule has 0 aromatic carbocycles. The first-order valence-corrected chi connectivity index (χ1v) is 4.34. The molecule has 0 saturated heterocycles. The van der Waals surface area contributed by atoms with Crippen molar-refractivity contribution in [2.24, 2.45) is 0 Å². The van der Waals surface area contributed by atoms with Crippen LogP contribution in [0.25, 0.3) is 0 Å². The van der Waals surface area contributed by atoms with Gasteiger partial charge >= 0.3 is 0 Å². The van der Waals surface area contributed by atoms with Crippen molar-refractivity contribution in [1.29, 1.82) is 0 Å². The molecule has 0 aliphatic heterocycles. The van der Waals surface area contributed by atoms with E-state index in [1.165, 1.54) is 12.8 Å². The van der Waals surface area contributed by atoms with Crippen molar-refractivity contribution in [2.75, 3.05) is 0 Å². The van der Waals surface area contributed by atoms with Crippen molar-refractivity contribution in [2.45, 2.75) is 45.4 Å². The van der Waals surface area contributed by atoms with Crippen LogP contribution in [0, 0.1) is 0 Å². The van der Waals surface area contributed by atoms with Crippen molar-refractivity contribution >= 4 is 11.8 Å². The lowest BCUT2D eigenvalue weighted by Gasteiger charge is -1.87. The molecule has 3 nitrogen and oxygen atoms in total. The van der Waals surface area contributed by atoms with Crippen LogP contribution in [0.5, 0.6) is 0 Å². The third-order valence-corrected chi connectivity index (χ3v) is 1.66. The molecule has 1 N–H and O–H groups in total. The fraction of sp³-hybridized carbons (Fsp3) is 0.778. The summed E-state index contributed by atoms with van der Waals surface area (Å²) in [6.45, 7) is 1.08. The zero-order valence-electron chi connectivity index (χ0n) is 7.51. The molecular weight excluding hydrogens is 156 g/mol. The summed E-state index contributed by atoms with van der Waals surface area (Å²) in [7, 11) is 0. The van der Waals surface area contributed by atoms with Gasteiger partial charge < -0.3 is 5.11 Å². The molecule has 1 aliphatic rings. The fourth-order valence-electron chi connectivity index (χ4n) is 1.12. The lowest BCUT2D eigenvalue weighted by molar-refractivity contribution is -0.134. The van der Waals surface area contributed by atoms with Crippen LogP contribution in [0.2, 0.25) is 0 Å². The predicted molar refractivity (Wildman–Crippen MR) is 46.0 cm³/mol. The van der Waals surface area contributed by atoms with Crippen LogP contribution in [0.15, 0.2) is 0 Å². The smallest absolute Gasteiger partial charge is 0.300 e. The molecule has 70 valence electrons. The van der Waals surface area contributed by atoms with Gasteiger partial charge in [-0.05, 0) is 12.8 Å². The number of hydrogen-bond acceptors (Lipinski definition) is 2. The number of rotatable bonds is 0. The Kier molecular flexibility index (Phi) is 6.34. The number of carboxylic acid groups (broad SMARTS) is 1. The normalized spacial score (nSPS) is 17.2. The number of aliphatic carboxylic acids is 1. The second-order valence-corrected chi connectivity index (χ2v) is 2.97. The van der Waals surface area contributed by atoms with E-state index in [-0.39, 0.29) is 0 Å². The standard InChI is InChI=1S/C7H12O.C2H4O2/c8-7-5-3-1-2-4-6-7;1-2(3)4/h1-6H2;1H3,(H,3,4). The average molecular weight is 172 g/mol. The first kappa shape index (κ1) is 11.1. The first-order valence-electron chi connectivity index (χ1n) is 4.34. The summed E-state index contributed by atoms with van der Waals surface area (Å²) in [5.74, 6) is -0.359. The highest BCUT2D eigenvalue weighted by Crippen LogP contribution is 2.12. The van der Waals surface area contributed by atoms with Gasteiger partial charge in [-0.25, -0.2) is 0 Å². The monoisotopic (exact) mass is 172 g/mol. The second-order valence-electron chi connectivity index (χ2n) is 2.97. The highest BCUT2D eigenvalue weighted by Gasteiger charge is 2.04. The summed E-state index contributed by atoms with van der Waals surface area (Å²) in [6.07, 6.45) is 6.51. The maximum Gasteiger partial charge on any atom is 0.300 e. The van der Waals surface area contributed by atoms with E-state index in [1.807, 2.05) is 0 Å². The summed E-state index contributed by atoms with van der Waals surface area (Å²) in [4.78, 5) is 19.7. The quantitative estimate of drug-likeness (QED) is 0.568. The van der Waals surface area contributed by atoms with Gasteiger partial charge in [0.25, 0.3) is 5.97 Å². The molecule has 12 heavy (non-hydrogen) atoms. The third-order valence-electron chi connectivity index (χ3n) is 1.66. The fourth-order valence-corrected chi connectivity index (χ4v) is 1.12. The van der Waals surface area contributed by atoms with Crippen LogP contribution in [-0.4, -0.2) is 16.9 Å². The zero-order chi connectivity index (χ0) is 9.40. The Balaban J connectivity index is 0.000000261. The van der Waals surface area contributed by atoms with Gasteiger partial charge in [0.1, 0.15) is 5.78 Å². The van der Waals surface area contributed by atoms with Gasteiger partial charge in [0.15, 0.2) is 0 Å². The predicted octanol–water partition coefficient (Wildman–Crippen LogP) is 2.00. The lowest BCUT2D eigenvalue weighted by atomic mass is 10.2. The maximum absolute atomic E-state index is 10.7. The molecule has 1 aliphatic carbocycles. The molecule has 0 spiro atoms. The van der Waals surface area contributed by atoms with Crippen LogP contribution < -0.4 is 0 Å². The highest BCUT2D eigenvalue weighted by molar-refractivity contribution is 5.78. The van der Waals surface area contributed by atoms with Crippen molar-refractivity contribution in [3.63, 3.8) is 0 Å². The van der Waals surface area contributed by atoms with Gasteiger partial charge in [0.2, 0.25) is 0 Å². The van der Waals surface area contributed by atoms with Gasteiger partial charge in [0, 0.05) is 19.8 Å². The first-order chi connectivity index (χ1) is 5.63. The summed E-state index contributed by atoms with van der Waals surface area (Å²) in [6, 6.07) is 0. The Hall–Kier alpha value is -0.860.